The number of aromatic amines is 1. The summed E-state index contributed by atoms with van der Waals surface area (Å²) in [5.74, 6) is -1.37. The topological polar surface area (TPSA) is 62.4 Å². The molecule has 1 aromatic heterocycles. The molecule has 148 valence electrons. The molecule has 0 radical (unpaired) electrons. The molecule has 2 heterocycles. The van der Waals surface area contributed by atoms with Gasteiger partial charge in [-0.3, -0.25) is 4.79 Å². The molecule has 0 atom stereocenters. The Balaban J connectivity index is 1.81. The van der Waals surface area contributed by atoms with Gasteiger partial charge in [0.15, 0.2) is 0 Å². The highest BCUT2D eigenvalue weighted by molar-refractivity contribution is 9.10. The summed E-state index contributed by atoms with van der Waals surface area (Å²) in [5, 5.41) is 0.977. The van der Waals surface area contributed by atoms with Gasteiger partial charge in [0.05, 0.1) is 17.9 Å². The zero-order chi connectivity index (χ0) is 20.5. The minimum atomic E-state index is -0.515. The van der Waals surface area contributed by atoms with Crippen molar-refractivity contribution in [3.63, 3.8) is 0 Å². The van der Waals surface area contributed by atoms with Gasteiger partial charge in [0.1, 0.15) is 5.82 Å². The largest absolute Gasteiger partial charge is 0.462 e. The molecule has 29 heavy (non-hydrogen) atoms. The van der Waals surface area contributed by atoms with Gasteiger partial charge in [-0.15, -0.1) is 0 Å². The van der Waals surface area contributed by atoms with Crippen LogP contribution in [0.3, 0.4) is 0 Å². The number of esters is 1. The monoisotopic (exact) mass is 456 g/mol. The number of carbonyl (C=O) groups excluding carboxylic acids is 2. The van der Waals surface area contributed by atoms with Crippen molar-refractivity contribution in [2.45, 2.75) is 13.3 Å². The van der Waals surface area contributed by atoms with Crippen LogP contribution in [0.25, 0.3) is 16.5 Å². The predicted octanol–water partition coefficient (Wildman–Crippen LogP) is 4.67. The number of hydrogen-bond acceptors (Lipinski definition) is 3. The zero-order valence-electron chi connectivity index (χ0n) is 15.7. The first-order chi connectivity index (χ1) is 14.0. The summed E-state index contributed by atoms with van der Waals surface area (Å²) in [7, 11) is 0. The molecule has 1 amide bonds. The van der Waals surface area contributed by atoms with Gasteiger partial charge in [0, 0.05) is 33.7 Å². The van der Waals surface area contributed by atoms with Crippen LogP contribution in [-0.4, -0.2) is 34.9 Å². The molecule has 1 aliphatic rings. The van der Waals surface area contributed by atoms with E-state index in [1.807, 2.05) is 18.2 Å². The lowest BCUT2D eigenvalue weighted by Crippen LogP contribution is -2.28. The number of amides is 1. The molecule has 0 aliphatic carbocycles. The fraction of sp³-hybridized carbons (Fsp3) is 0.182. The summed E-state index contributed by atoms with van der Waals surface area (Å²) in [6.07, 6.45) is 2.04. The van der Waals surface area contributed by atoms with Crippen molar-refractivity contribution < 1.29 is 18.7 Å². The zero-order valence-corrected chi connectivity index (χ0v) is 17.3. The number of nitrogens with one attached hydrogen (secondary N) is 1. The Kier molecular flexibility index (Phi) is 5.24. The highest BCUT2D eigenvalue weighted by atomic mass is 79.9. The second kappa shape index (κ2) is 7.83. The summed E-state index contributed by atoms with van der Waals surface area (Å²) in [6, 6.07) is 11.4. The first-order valence-electron chi connectivity index (χ1n) is 9.24. The van der Waals surface area contributed by atoms with E-state index in [9.17, 15) is 14.0 Å². The molecule has 2 aromatic carbocycles. The third kappa shape index (κ3) is 3.70. The van der Waals surface area contributed by atoms with E-state index < -0.39 is 11.8 Å². The Labute approximate surface area is 175 Å². The minimum absolute atomic E-state index is 0.217. The van der Waals surface area contributed by atoms with Gasteiger partial charge in [-0.25, -0.2) is 9.18 Å². The smallest absolute Gasteiger partial charge is 0.341 e. The van der Waals surface area contributed by atoms with Crippen LogP contribution in [0.4, 0.5) is 4.39 Å². The number of carbonyl (C=O) groups is 2. The minimum Gasteiger partial charge on any atom is -0.462 e. The normalized spacial score (nSPS) is 13.6. The summed E-state index contributed by atoms with van der Waals surface area (Å²) < 4.78 is 19.7. The van der Waals surface area contributed by atoms with Crippen LogP contribution in [0.1, 0.15) is 28.5 Å². The number of nitrogens with zero attached hydrogens (tertiary/aromatic N) is 1. The number of aromatic nitrogens is 1. The Morgan fingerprint density at radius 3 is 2.83 bits per heavy atom. The van der Waals surface area contributed by atoms with Crippen molar-refractivity contribution >= 4 is 44.3 Å². The Hall–Kier alpha value is -2.93. The molecule has 7 heteroatoms. The Bertz CT molecular complexity index is 1150. The maximum Gasteiger partial charge on any atom is 0.341 e. The molecule has 0 saturated heterocycles. The molecule has 5 nitrogen and oxygen atoms in total. The molecule has 0 saturated carbocycles. The molecule has 0 unspecified atom stereocenters. The lowest BCUT2D eigenvalue weighted by atomic mass is 10.0. The Morgan fingerprint density at radius 1 is 1.24 bits per heavy atom. The number of fused-ring (bicyclic) bond motifs is 3. The maximum absolute atomic E-state index is 13.6. The van der Waals surface area contributed by atoms with Gasteiger partial charge < -0.3 is 14.6 Å². The molecule has 1 aliphatic heterocycles. The molecular weight excluding hydrogens is 439 g/mol. The van der Waals surface area contributed by atoms with Gasteiger partial charge in [-0.05, 0) is 55.3 Å². The number of halogens is 2. The summed E-state index contributed by atoms with van der Waals surface area (Å²) in [6.45, 7) is 2.30. The number of ether oxygens (including phenoxy) is 1. The van der Waals surface area contributed by atoms with Crippen LogP contribution in [0.5, 0.6) is 0 Å². The van der Waals surface area contributed by atoms with Crippen molar-refractivity contribution in [3.8, 4) is 0 Å². The van der Waals surface area contributed by atoms with Crippen LogP contribution in [0, 0.1) is 5.82 Å². The van der Waals surface area contributed by atoms with Crippen LogP contribution in [0.2, 0.25) is 0 Å². The average molecular weight is 457 g/mol. The van der Waals surface area contributed by atoms with Gasteiger partial charge in [-0.1, -0.05) is 22.0 Å². The van der Waals surface area contributed by atoms with E-state index in [4.69, 9.17) is 4.74 Å². The first-order valence-corrected chi connectivity index (χ1v) is 10.0. The number of hydrogen-bond donors (Lipinski definition) is 1. The molecule has 0 spiro atoms. The number of rotatable bonds is 3. The van der Waals surface area contributed by atoms with E-state index in [1.54, 1.807) is 13.0 Å². The summed E-state index contributed by atoms with van der Waals surface area (Å²) in [4.78, 5) is 30.4. The third-order valence-electron chi connectivity index (χ3n) is 4.85. The molecule has 1 N–H and O–H groups in total. The fourth-order valence-electron chi connectivity index (χ4n) is 3.54. The van der Waals surface area contributed by atoms with Crippen LogP contribution >= 0.6 is 15.9 Å². The molecular formula is C22H18BrFN2O3. The quantitative estimate of drug-likeness (QED) is 0.582. The summed E-state index contributed by atoms with van der Waals surface area (Å²) >= 11 is 3.49. The van der Waals surface area contributed by atoms with Crippen molar-refractivity contribution in [1.29, 1.82) is 0 Å². The van der Waals surface area contributed by atoms with Crippen molar-refractivity contribution in [2.75, 3.05) is 13.2 Å². The standard InChI is InChI=1S/C22H18BrFN2O3/c1-2-29-22(28)18-12-26(21(27)13-4-3-5-15(24)10-13)9-8-16-17-11-14(23)6-7-19(17)25-20(16)18/h3-7,10-12,25H,2,8-9H2,1H3. The van der Waals surface area contributed by atoms with E-state index in [-0.39, 0.29) is 23.7 Å². The van der Waals surface area contributed by atoms with E-state index >= 15 is 0 Å². The highest BCUT2D eigenvalue weighted by Crippen LogP contribution is 2.33. The van der Waals surface area contributed by atoms with Gasteiger partial charge in [0.2, 0.25) is 0 Å². The number of H-pyrrole nitrogens is 1. The SMILES string of the molecule is CCOC(=O)C1=CN(C(=O)c2cccc(F)c2)CCc2c1[nH]c1ccc(Br)cc21. The fourth-order valence-corrected chi connectivity index (χ4v) is 3.90. The van der Waals surface area contributed by atoms with Crippen LogP contribution in [0.15, 0.2) is 53.1 Å². The second-order valence-corrected chi connectivity index (χ2v) is 7.61. The molecule has 3 aromatic rings. The Morgan fingerprint density at radius 2 is 2.07 bits per heavy atom. The lowest BCUT2D eigenvalue weighted by molar-refractivity contribution is -0.136. The second-order valence-electron chi connectivity index (χ2n) is 6.69. The van der Waals surface area contributed by atoms with E-state index in [1.165, 1.54) is 29.3 Å². The molecule has 0 bridgehead atoms. The average Bonchev–Trinajstić information content (AvgIpc) is 2.93. The number of benzene rings is 2. The lowest BCUT2D eigenvalue weighted by Gasteiger charge is -2.18. The van der Waals surface area contributed by atoms with Crippen molar-refractivity contribution in [3.05, 3.63) is 75.8 Å². The van der Waals surface area contributed by atoms with E-state index in [2.05, 4.69) is 20.9 Å². The van der Waals surface area contributed by atoms with Crippen LogP contribution in [-0.2, 0) is 16.0 Å². The van der Waals surface area contributed by atoms with E-state index in [0.717, 1.165) is 20.9 Å². The maximum atomic E-state index is 13.6. The summed E-state index contributed by atoms with van der Waals surface area (Å²) in [5.41, 5.74) is 2.98. The predicted molar refractivity (Wildman–Crippen MR) is 112 cm³/mol. The molecule has 0 fully saturated rings. The van der Waals surface area contributed by atoms with Crippen LogP contribution < -0.4 is 0 Å². The highest BCUT2D eigenvalue weighted by Gasteiger charge is 2.27. The van der Waals surface area contributed by atoms with Gasteiger partial charge >= 0.3 is 5.97 Å². The van der Waals surface area contributed by atoms with Gasteiger partial charge in [-0.2, -0.15) is 0 Å². The van der Waals surface area contributed by atoms with Crippen molar-refractivity contribution in [1.82, 2.24) is 9.88 Å². The van der Waals surface area contributed by atoms with E-state index in [0.29, 0.717) is 18.7 Å². The third-order valence-corrected chi connectivity index (χ3v) is 5.35. The first kappa shape index (κ1) is 19.4. The van der Waals surface area contributed by atoms with Crippen molar-refractivity contribution in [2.24, 2.45) is 0 Å². The molecule has 4 rings (SSSR count). The van der Waals surface area contributed by atoms with Gasteiger partial charge in [0.25, 0.3) is 5.91 Å².